The zero-order valence-electron chi connectivity index (χ0n) is 26.2. The van der Waals surface area contributed by atoms with Gasteiger partial charge >= 0.3 is 11.9 Å². The number of H-pyrrole nitrogens is 2. The van der Waals surface area contributed by atoms with E-state index < -0.39 is 11.9 Å². The van der Waals surface area contributed by atoms with E-state index >= 15 is 0 Å². The molecule has 0 aromatic carbocycles. The smallest absolute Gasteiger partial charge is 0.303 e. The second kappa shape index (κ2) is 13.1. The number of carbonyl (C=O) groups excluding carboxylic acids is 1. The van der Waals surface area contributed by atoms with Gasteiger partial charge in [-0.05, 0) is 79.9 Å². The van der Waals surface area contributed by atoms with E-state index in [-0.39, 0.29) is 42.6 Å². The second-order valence-electron chi connectivity index (χ2n) is 12.0. The summed E-state index contributed by atoms with van der Waals surface area (Å²) in [6.45, 7) is 12.1. The van der Waals surface area contributed by atoms with E-state index in [2.05, 4.69) is 27.5 Å². The van der Waals surface area contributed by atoms with Crippen LogP contribution in [0.5, 0.6) is 0 Å². The summed E-state index contributed by atoms with van der Waals surface area (Å²) in [6.07, 6.45) is 3.97. The molecule has 0 saturated carbocycles. The van der Waals surface area contributed by atoms with Crippen LogP contribution in [0.3, 0.4) is 0 Å². The van der Waals surface area contributed by atoms with E-state index in [1.165, 1.54) is 0 Å². The minimum absolute atomic E-state index is 0.000719. The van der Waals surface area contributed by atoms with Gasteiger partial charge < -0.3 is 35.9 Å². The second-order valence-corrected chi connectivity index (χ2v) is 12.0. The molecule has 2 aliphatic rings. The molecule has 0 spiro atoms. The molecular formula is C33H46N4O6. The summed E-state index contributed by atoms with van der Waals surface area (Å²) in [5.41, 5.74) is 10.6. The number of hydrogen-bond donors (Lipinski definition) is 7. The number of aliphatic carboxylic acids is 2. The number of hydrogen-bond acceptors (Lipinski definition) is 5. The monoisotopic (exact) mass is 594 g/mol. The molecule has 4 rings (SSSR count). The number of carboxylic acids is 2. The Kier molecular flexibility index (Phi) is 9.77. The van der Waals surface area contributed by atoms with Gasteiger partial charge in [0.05, 0.1) is 6.04 Å². The summed E-state index contributed by atoms with van der Waals surface area (Å²) in [7, 11) is 0. The molecule has 234 valence electrons. The molecule has 1 unspecified atom stereocenters. The third-order valence-corrected chi connectivity index (χ3v) is 9.60. The minimum Gasteiger partial charge on any atom is -0.495 e. The van der Waals surface area contributed by atoms with E-state index in [4.69, 9.17) is 0 Å². The standard InChI is InChI=1S/C33H46N4O6/c1-7-20-19(6)32(42)37-27(20)14-25-18(5)23(10-12-31(40)41)29(35-25)15-28-22(9-11-30(38)39)17(4)24(34-28)13-26-16(3)21(8-2)33(43)36-26/h16,26-27,34-36,43H,7-15H2,1-6H3,(H,37,42)(H,38,39)(H,40,41)/t16?,26-,27+/m1/s1. The van der Waals surface area contributed by atoms with Gasteiger partial charge in [0.15, 0.2) is 5.88 Å². The van der Waals surface area contributed by atoms with Crippen LogP contribution < -0.4 is 10.6 Å². The van der Waals surface area contributed by atoms with Crippen LogP contribution in [0.4, 0.5) is 0 Å². The molecule has 1 amide bonds. The molecule has 0 fully saturated rings. The topological polar surface area (TPSA) is 168 Å². The number of amides is 1. The predicted molar refractivity (Wildman–Crippen MR) is 164 cm³/mol. The SMILES string of the molecule is CCC1=C(O)N[C@H](Cc2[nH]c(Cc3[nH]c(C[C@@H]4NC(=O)C(C)=C4CC)c(C)c3CCC(=O)O)c(CCC(=O)O)c2C)C1C. The molecule has 43 heavy (non-hydrogen) atoms. The number of aliphatic hydroxyl groups is 1. The first kappa shape index (κ1) is 32.0. The van der Waals surface area contributed by atoms with Crippen molar-refractivity contribution in [1.82, 2.24) is 20.6 Å². The van der Waals surface area contributed by atoms with Crippen molar-refractivity contribution in [2.24, 2.45) is 5.92 Å². The number of carbonyl (C=O) groups is 3. The van der Waals surface area contributed by atoms with Gasteiger partial charge in [-0.2, -0.15) is 0 Å². The number of aromatic amines is 2. The Labute approximate surface area is 253 Å². The molecule has 0 radical (unpaired) electrons. The Bertz CT molecular complexity index is 1480. The van der Waals surface area contributed by atoms with Crippen LogP contribution in [-0.4, -0.2) is 55.2 Å². The number of nitrogens with one attached hydrogen (secondary N) is 4. The van der Waals surface area contributed by atoms with Gasteiger partial charge in [-0.25, -0.2) is 0 Å². The number of aliphatic hydroxyl groups excluding tert-OH is 1. The first-order valence-corrected chi connectivity index (χ1v) is 15.4. The highest BCUT2D eigenvalue weighted by atomic mass is 16.4. The van der Waals surface area contributed by atoms with E-state index in [0.717, 1.165) is 74.6 Å². The predicted octanol–water partition coefficient (Wildman–Crippen LogP) is 4.68. The largest absolute Gasteiger partial charge is 0.495 e. The number of rotatable bonds is 14. The van der Waals surface area contributed by atoms with Gasteiger partial charge in [0.2, 0.25) is 5.91 Å². The Balaban J connectivity index is 1.68. The van der Waals surface area contributed by atoms with Crippen LogP contribution in [0.1, 0.15) is 98.4 Å². The van der Waals surface area contributed by atoms with Gasteiger partial charge in [0.25, 0.3) is 0 Å². The molecule has 2 aromatic rings. The van der Waals surface area contributed by atoms with Crippen molar-refractivity contribution in [3.8, 4) is 0 Å². The maximum Gasteiger partial charge on any atom is 0.303 e. The van der Waals surface area contributed by atoms with Gasteiger partial charge in [0, 0.05) is 72.4 Å². The molecule has 7 N–H and O–H groups in total. The average Bonchev–Trinajstić information content (AvgIpc) is 3.59. The lowest BCUT2D eigenvalue weighted by molar-refractivity contribution is -0.138. The number of aromatic nitrogens is 2. The summed E-state index contributed by atoms with van der Waals surface area (Å²) >= 11 is 0. The Hall–Kier alpha value is -3.95. The normalized spacial score (nSPS) is 20.2. The molecule has 10 heteroatoms. The highest BCUT2D eigenvalue weighted by Crippen LogP contribution is 2.33. The third kappa shape index (κ3) is 6.68. The summed E-state index contributed by atoms with van der Waals surface area (Å²) in [6, 6.07) is -0.0942. The van der Waals surface area contributed by atoms with Crippen molar-refractivity contribution in [1.29, 1.82) is 0 Å². The quantitative estimate of drug-likeness (QED) is 0.167. The molecule has 0 bridgehead atoms. The van der Waals surface area contributed by atoms with Crippen molar-refractivity contribution >= 4 is 17.8 Å². The number of carboxylic acid groups (broad SMARTS) is 2. The maximum absolute atomic E-state index is 12.4. The lowest BCUT2D eigenvalue weighted by atomic mass is 9.91. The van der Waals surface area contributed by atoms with Crippen LogP contribution in [0.15, 0.2) is 22.6 Å². The van der Waals surface area contributed by atoms with Gasteiger partial charge in [0.1, 0.15) is 0 Å². The summed E-state index contributed by atoms with van der Waals surface area (Å²) in [4.78, 5) is 42.7. The first-order chi connectivity index (χ1) is 20.4. The van der Waals surface area contributed by atoms with Crippen LogP contribution in [-0.2, 0) is 46.5 Å². The Morgan fingerprint density at radius 3 is 1.74 bits per heavy atom. The minimum atomic E-state index is -0.871. The van der Waals surface area contributed by atoms with Crippen LogP contribution in [0, 0.1) is 19.8 Å². The van der Waals surface area contributed by atoms with E-state index in [1.807, 2.05) is 34.6 Å². The van der Waals surface area contributed by atoms with Crippen molar-refractivity contribution in [3.05, 3.63) is 67.6 Å². The van der Waals surface area contributed by atoms with Crippen LogP contribution in [0.25, 0.3) is 0 Å². The maximum atomic E-state index is 12.4. The van der Waals surface area contributed by atoms with Gasteiger partial charge in [-0.1, -0.05) is 20.8 Å². The molecule has 4 heterocycles. The summed E-state index contributed by atoms with van der Waals surface area (Å²) in [5.74, 6) is -1.37. The van der Waals surface area contributed by atoms with Crippen molar-refractivity contribution in [2.45, 2.75) is 111 Å². The van der Waals surface area contributed by atoms with E-state index in [9.17, 15) is 29.7 Å². The molecule has 2 aromatic heterocycles. The van der Waals surface area contributed by atoms with Crippen molar-refractivity contribution in [2.75, 3.05) is 0 Å². The molecule has 0 aliphatic carbocycles. The lowest BCUT2D eigenvalue weighted by Gasteiger charge is -2.18. The Morgan fingerprint density at radius 1 is 0.767 bits per heavy atom. The zero-order chi connectivity index (χ0) is 31.6. The van der Waals surface area contributed by atoms with E-state index in [0.29, 0.717) is 32.1 Å². The fraction of sp³-hybridized carbons (Fsp3) is 0.545. The summed E-state index contributed by atoms with van der Waals surface area (Å²) < 4.78 is 0. The Morgan fingerprint density at radius 2 is 1.28 bits per heavy atom. The average molecular weight is 595 g/mol. The van der Waals surface area contributed by atoms with Crippen LogP contribution >= 0.6 is 0 Å². The van der Waals surface area contributed by atoms with Gasteiger partial charge in [-0.3, -0.25) is 14.4 Å². The molecular weight excluding hydrogens is 548 g/mol. The summed E-state index contributed by atoms with van der Waals surface area (Å²) in [5, 5.41) is 35.7. The van der Waals surface area contributed by atoms with Crippen LogP contribution in [0.2, 0.25) is 0 Å². The molecule has 2 aliphatic heterocycles. The van der Waals surface area contributed by atoms with Crippen molar-refractivity contribution < 1.29 is 29.7 Å². The molecule has 10 nitrogen and oxygen atoms in total. The highest BCUT2D eigenvalue weighted by molar-refractivity contribution is 5.97. The third-order valence-electron chi connectivity index (χ3n) is 9.60. The highest BCUT2D eigenvalue weighted by Gasteiger charge is 2.32. The lowest BCUT2D eigenvalue weighted by Crippen LogP contribution is -2.31. The first-order valence-electron chi connectivity index (χ1n) is 15.4. The van der Waals surface area contributed by atoms with Gasteiger partial charge in [-0.15, -0.1) is 0 Å². The van der Waals surface area contributed by atoms with Crippen molar-refractivity contribution in [3.63, 3.8) is 0 Å². The fourth-order valence-electron chi connectivity index (χ4n) is 6.99. The van der Waals surface area contributed by atoms with E-state index in [1.54, 1.807) is 0 Å². The molecule has 0 saturated heterocycles. The fourth-order valence-corrected chi connectivity index (χ4v) is 6.99. The zero-order valence-corrected chi connectivity index (χ0v) is 26.2. The molecule has 3 atom stereocenters.